The number of rotatable bonds is 9. The molecule has 0 atom stereocenters. The van der Waals surface area contributed by atoms with Crippen molar-refractivity contribution in [1.82, 2.24) is 0 Å². The normalized spacial score (nSPS) is 10.1. The van der Waals surface area contributed by atoms with Crippen molar-refractivity contribution >= 4 is 5.78 Å². The van der Waals surface area contributed by atoms with Gasteiger partial charge in [0, 0.05) is 11.1 Å². The number of benzene rings is 2. The van der Waals surface area contributed by atoms with Gasteiger partial charge < -0.3 is 14.2 Å². The second-order valence-corrected chi connectivity index (χ2v) is 4.79. The molecule has 0 unspecified atom stereocenters. The molecule has 0 fully saturated rings. The summed E-state index contributed by atoms with van der Waals surface area (Å²) in [4.78, 5) is 12.4. The first kappa shape index (κ1) is 16.8. The molecule has 0 saturated carbocycles. The van der Waals surface area contributed by atoms with Crippen molar-refractivity contribution in [2.24, 2.45) is 0 Å². The van der Waals surface area contributed by atoms with Gasteiger partial charge in [-0.2, -0.15) is 0 Å². The van der Waals surface area contributed by atoms with Crippen LogP contribution in [0.3, 0.4) is 0 Å². The van der Waals surface area contributed by atoms with E-state index in [4.69, 9.17) is 14.2 Å². The average molecular weight is 312 g/mol. The van der Waals surface area contributed by atoms with E-state index in [1.807, 2.05) is 0 Å². The molecule has 0 N–H and O–H groups in total. The molecule has 0 radical (unpaired) electrons. The standard InChI is InChI=1S/C19H20O4/c1-3-12-22-13-14-23-18-10-6-16(7-11-18)19(20)15-4-8-17(21-2)9-5-15/h3-11H,1,12-14H2,2H3. The van der Waals surface area contributed by atoms with Crippen LogP contribution in [0.15, 0.2) is 61.2 Å². The third kappa shape index (κ3) is 4.97. The summed E-state index contributed by atoms with van der Waals surface area (Å²) >= 11 is 0. The Kier molecular flexibility index (Phi) is 6.39. The van der Waals surface area contributed by atoms with Gasteiger partial charge in [0.25, 0.3) is 0 Å². The zero-order valence-electron chi connectivity index (χ0n) is 13.2. The summed E-state index contributed by atoms with van der Waals surface area (Å²) in [6.07, 6.45) is 1.69. The zero-order chi connectivity index (χ0) is 16.5. The van der Waals surface area contributed by atoms with Crippen LogP contribution in [0.25, 0.3) is 0 Å². The first-order valence-electron chi connectivity index (χ1n) is 7.35. The van der Waals surface area contributed by atoms with Crippen LogP contribution in [0.5, 0.6) is 11.5 Å². The van der Waals surface area contributed by atoms with Crippen LogP contribution in [-0.4, -0.2) is 32.7 Å². The highest BCUT2D eigenvalue weighted by atomic mass is 16.5. The minimum absolute atomic E-state index is 0.0338. The Labute approximate surface area is 136 Å². The lowest BCUT2D eigenvalue weighted by molar-refractivity contribution is 0.103. The van der Waals surface area contributed by atoms with E-state index < -0.39 is 0 Å². The second-order valence-electron chi connectivity index (χ2n) is 4.79. The summed E-state index contributed by atoms with van der Waals surface area (Å²) in [6.45, 7) is 5.04. The molecule has 2 rings (SSSR count). The van der Waals surface area contributed by atoms with E-state index in [0.717, 1.165) is 5.75 Å². The van der Waals surface area contributed by atoms with Gasteiger partial charge in [-0.15, -0.1) is 6.58 Å². The molecule has 0 aliphatic heterocycles. The van der Waals surface area contributed by atoms with E-state index in [2.05, 4.69) is 6.58 Å². The van der Waals surface area contributed by atoms with Gasteiger partial charge in [-0.3, -0.25) is 4.79 Å². The fourth-order valence-corrected chi connectivity index (χ4v) is 2.00. The molecule has 0 aliphatic carbocycles. The molecule has 23 heavy (non-hydrogen) atoms. The number of carbonyl (C=O) groups excluding carboxylic acids is 1. The fraction of sp³-hybridized carbons (Fsp3) is 0.211. The maximum absolute atomic E-state index is 12.4. The molecule has 0 aromatic heterocycles. The molecule has 0 bridgehead atoms. The molecule has 4 heteroatoms. The van der Waals surface area contributed by atoms with Crippen molar-refractivity contribution in [3.8, 4) is 11.5 Å². The van der Waals surface area contributed by atoms with Crippen molar-refractivity contribution in [2.45, 2.75) is 0 Å². The van der Waals surface area contributed by atoms with Crippen LogP contribution in [-0.2, 0) is 4.74 Å². The van der Waals surface area contributed by atoms with Crippen LogP contribution >= 0.6 is 0 Å². The maximum atomic E-state index is 12.4. The molecule has 2 aromatic rings. The quantitative estimate of drug-likeness (QED) is 0.404. The zero-order valence-corrected chi connectivity index (χ0v) is 13.2. The summed E-state index contributed by atoms with van der Waals surface area (Å²) in [5.41, 5.74) is 1.24. The topological polar surface area (TPSA) is 44.8 Å². The van der Waals surface area contributed by atoms with Crippen LogP contribution in [0.1, 0.15) is 15.9 Å². The van der Waals surface area contributed by atoms with E-state index in [-0.39, 0.29) is 5.78 Å². The number of methoxy groups -OCH3 is 1. The highest BCUT2D eigenvalue weighted by Gasteiger charge is 2.09. The van der Waals surface area contributed by atoms with E-state index in [0.29, 0.717) is 36.7 Å². The Hall–Kier alpha value is -2.59. The van der Waals surface area contributed by atoms with E-state index in [1.54, 1.807) is 61.7 Å². The van der Waals surface area contributed by atoms with Crippen molar-refractivity contribution in [3.05, 3.63) is 72.3 Å². The van der Waals surface area contributed by atoms with E-state index >= 15 is 0 Å². The maximum Gasteiger partial charge on any atom is 0.193 e. The van der Waals surface area contributed by atoms with Gasteiger partial charge in [0.15, 0.2) is 5.78 Å². The Bertz CT molecular complexity index is 629. The summed E-state index contributed by atoms with van der Waals surface area (Å²) < 4.78 is 15.9. The van der Waals surface area contributed by atoms with Crippen molar-refractivity contribution < 1.29 is 19.0 Å². The Balaban J connectivity index is 1.92. The highest BCUT2D eigenvalue weighted by Crippen LogP contribution is 2.17. The Morgan fingerprint density at radius 1 is 0.957 bits per heavy atom. The lowest BCUT2D eigenvalue weighted by atomic mass is 10.0. The molecular weight excluding hydrogens is 292 g/mol. The van der Waals surface area contributed by atoms with Crippen molar-refractivity contribution in [3.63, 3.8) is 0 Å². The lowest BCUT2D eigenvalue weighted by Crippen LogP contribution is -2.07. The molecule has 0 saturated heterocycles. The molecule has 4 nitrogen and oxygen atoms in total. The third-order valence-corrected chi connectivity index (χ3v) is 3.20. The van der Waals surface area contributed by atoms with Gasteiger partial charge >= 0.3 is 0 Å². The van der Waals surface area contributed by atoms with Gasteiger partial charge in [-0.1, -0.05) is 6.08 Å². The molecule has 2 aromatic carbocycles. The van der Waals surface area contributed by atoms with E-state index in [1.165, 1.54) is 0 Å². The molecule has 0 heterocycles. The smallest absolute Gasteiger partial charge is 0.193 e. The summed E-state index contributed by atoms with van der Waals surface area (Å²) in [5, 5.41) is 0. The molecular formula is C19H20O4. The molecule has 120 valence electrons. The van der Waals surface area contributed by atoms with Crippen molar-refractivity contribution in [1.29, 1.82) is 0 Å². The number of ether oxygens (including phenoxy) is 3. The lowest BCUT2D eigenvalue weighted by Gasteiger charge is -2.07. The molecule has 0 spiro atoms. The Morgan fingerprint density at radius 3 is 2.04 bits per heavy atom. The van der Waals surface area contributed by atoms with Gasteiger partial charge in [0.05, 0.1) is 20.3 Å². The third-order valence-electron chi connectivity index (χ3n) is 3.20. The minimum Gasteiger partial charge on any atom is -0.497 e. The van der Waals surface area contributed by atoms with Gasteiger partial charge in [0.2, 0.25) is 0 Å². The average Bonchev–Trinajstić information content (AvgIpc) is 2.61. The first-order valence-corrected chi connectivity index (χ1v) is 7.35. The predicted octanol–water partition coefficient (Wildman–Crippen LogP) is 3.51. The Morgan fingerprint density at radius 2 is 1.52 bits per heavy atom. The fourth-order valence-electron chi connectivity index (χ4n) is 2.00. The largest absolute Gasteiger partial charge is 0.497 e. The summed E-state index contributed by atoms with van der Waals surface area (Å²) in [7, 11) is 1.60. The summed E-state index contributed by atoms with van der Waals surface area (Å²) in [5.74, 6) is 1.40. The van der Waals surface area contributed by atoms with Crippen LogP contribution in [0.2, 0.25) is 0 Å². The number of hydrogen-bond acceptors (Lipinski definition) is 4. The van der Waals surface area contributed by atoms with Gasteiger partial charge in [0.1, 0.15) is 18.1 Å². The van der Waals surface area contributed by atoms with Crippen LogP contribution in [0, 0.1) is 0 Å². The number of hydrogen-bond donors (Lipinski definition) is 0. The van der Waals surface area contributed by atoms with Crippen LogP contribution in [0.4, 0.5) is 0 Å². The van der Waals surface area contributed by atoms with Crippen LogP contribution < -0.4 is 9.47 Å². The monoisotopic (exact) mass is 312 g/mol. The number of ketones is 1. The highest BCUT2D eigenvalue weighted by molar-refractivity contribution is 6.09. The molecule has 0 amide bonds. The SMILES string of the molecule is C=CCOCCOc1ccc(C(=O)c2ccc(OC)cc2)cc1. The van der Waals surface area contributed by atoms with Crippen molar-refractivity contribution in [2.75, 3.05) is 26.9 Å². The predicted molar refractivity (Wildman–Crippen MR) is 89.4 cm³/mol. The minimum atomic E-state index is -0.0338. The first-order chi connectivity index (χ1) is 11.2. The summed E-state index contributed by atoms with van der Waals surface area (Å²) in [6, 6.07) is 14.1. The van der Waals surface area contributed by atoms with Gasteiger partial charge in [-0.25, -0.2) is 0 Å². The van der Waals surface area contributed by atoms with Gasteiger partial charge in [-0.05, 0) is 48.5 Å². The molecule has 0 aliphatic rings. The number of carbonyl (C=O) groups is 1. The second kappa shape index (κ2) is 8.76. The van der Waals surface area contributed by atoms with E-state index in [9.17, 15) is 4.79 Å².